The maximum absolute atomic E-state index is 13.3. The zero-order chi connectivity index (χ0) is 24.0. The van der Waals surface area contributed by atoms with Gasteiger partial charge < -0.3 is 19.5 Å². The normalized spacial score (nSPS) is 21.7. The summed E-state index contributed by atoms with van der Waals surface area (Å²) in [6, 6.07) is 18.5. The molecule has 8 heteroatoms. The molecule has 0 saturated heterocycles. The van der Waals surface area contributed by atoms with Crippen LogP contribution in [0, 0.1) is 5.92 Å². The largest absolute Gasteiger partial charge is 0.492 e. The molecule has 0 unspecified atom stereocenters. The van der Waals surface area contributed by atoms with Crippen LogP contribution in [0.1, 0.15) is 36.4 Å². The van der Waals surface area contributed by atoms with Gasteiger partial charge in [0.15, 0.2) is 11.5 Å². The summed E-state index contributed by atoms with van der Waals surface area (Å²) in [5.41, 5.74) is 3.48. The number of sulfonamides is 1. The molecule has 35 heavy (non-hydrogen) atoms. The third kappa shape index (κ3) is 3.87. The lowest BCUT2D eigenvalue weighted by Gasteiger charge is -2.37. The van der Waals surface area contributed by atoms with E-state index >= 15 is 0 Å². The minimum atomic E-state index is -3.80. The van der Waals surface area contributed by atoms with E-state index in [-0.39, 0.29) is 29.6 Å². The van der Waals surface area contributed by atoms with Gasteiger partial charge in [-0.15, -0.1) is 0 Å². The molecule has 3 aromatic carbocycles. The van der Waals surface area contributed by atoms with Crippen LogP contribution >= 0.6 is 0 Å². The van der Waals surface area contributed by atoms with E-state index in [0.29, 0.717) is 18.0 Å². The van der Waals surface area contributed by atoms with Crippen LogP contribution in [0.4, 0.5) is 11.4 Å². The third-order valence-electron chi connectivity index (χ3n) is 6.83. The van der Waals surface area contributed by atoms with Crippen LogP contribution in [0.15, 0.2) is 77.7 Å². The Morgan fingerprint density at radius 1 is 1.06 bits per heavy atom. The fourth-order valence-corrected chi connectivity index (χ4v) is 6.32. The zero-order valence-corrected chi connectivity index (χ0v) is 20.0. The minimum absolute atomic E-state index is 0.0793. The van der Waals surface area contributed by atoms with E-state index in [1.165, 1.54) is 0 Å². The van der Waals surface area contributed by atoms with E-state index in [2.05, 4.69) is 28.3 Å². The van der Waals surface area contributed by atoms with Gasteiger partial charge in [0.2, 0.25) is 6.79 Å². The molecule has 1 aliphatic carbocycles. The SMILES string of the molecule is CCOc1ccccc1NS(=O)(=O)c1ccc2c(c1)[C@H]1C=CC[C@H]1[C@@H](c1ccc3c(c1)OCO3)N2. The lowest BCUT2D eigenvalue weighted by Crippen LogP contribution is -2.29. The summed E-state index contributed by atoms with van der Waals surface area (Å²) in [6.45, 7) is 2.56. The molecule has 2 aliphatic heterocycles. The Kier molecular flexibility index (Phi) is 5.33. The van der Waals surface area contributed by atoms with E-state index in [1.807, 2.05) is 31.2 Å². The summed E-state index contributed by atoms with van der Waals surface area (Å²) < 4.78 is 45.9. The van der Waals surface area contributed by atoms with Crippen molar-refractivity contribution >= 4 is 21.4 Å². The fourth-order valence-electron chi connectivity index (χ4n) is 5.21. The lowest BCUT2D eigenvalue weighted by atomic mass is 9.77. The fraction of sp³-hybridized carbons (Fsp3) is 0.259. The summed E-state index contributed by atoms with van der Waals surface area (Å²) in [5, 5.41) is 3.66. The topological polar surface area (TPSA) is 85.9 Å². The Morgan fingerprint density at radius 3 is 2.80 bits per heavy atom. The number of anilines is 2. The van der Waals surface area contributed by atoms with Gasteiger partial charge in [0.05, 0.1) is 23.2 Å². The number of hydrogen-bond acceptors (Lipinski definition) is 6. The second-order valence-electron chi connectivity index (χ2n) is 8.87. The number of hydrogen-bond donors (Lipinski definition) is 2. The Hall–Kier alpha value is -3.65. The molecule has 6 rings (SSSR count). The molecular weight excluding hydrogens is 464 g/mol. The quantitative estimate of drug-likeness (QED) is 0.448. The van der Waals surface area contributed by atoms with Gasteiger partial charge in [-0.25, -0.2) is 8.42 Å². The van der Waals surface area contributed by atoms with Gasteiger partial charge in [-0.05, 0) is 72.9 Å². The maximum atomic E-state index is 13.3. The van der Waals surface area contributed by atoms with Gasteiger partial charge in [-0.2, -0.15) is 0 Å². The van der Waals surface area contributed by atoms with E-state index in [0.717, 1.165) is 34.7 Å². The highest BCUT2D eigenvalue weighted by Crippen LogP contribution is 2.51. The van der Waals surface area contributed by atoms with Crippen molar-refractivity contribution in [2.24, 2.45) is 5.92 Å². The second kappa shape index (κ2) is 8.53. The summed E-state index contributed by atoms with van der Waals surface area (Å²) in [4.78, 5) is 0.227. The van der Waals surface area contributed by atoms with E-state index < -0.39 is 10.0 Å². The minimum Gasteiger partial charge on any atom is -0.492 e. The Bertz CT molecular complexity index is 1420. The molecule has 7 nitrogen and oxygen atoms in total. The third-order valence-corrected chi connectivity index (χ3v) is 8.19. The average Bonchev–Trinajstić information content (AvgIpc) is 3.54. The van der Waals surface area contributed by atoms with Gasteiger partial charge >= 0.3 is 0 Å². The van der Waals surface area contributed by atoms with Crippen LogP contribution in [0.5, 0.6) is 17.2 Å². The molecule has 0 amide bonds. The first-order valence-electron chi connectivity index (χ1n) is 11.7. The lowest BCUT2D eigenvalue weighted by molar-refractivity contribution is 0.174. The highest BCUT2D eigenvalue weighted by molar-refractivity contribution is 7.92. The Morgan fingerprint density at radius 2 is 1.91 bits per heavy atom. The molecule has 0 radical (unpaired) electrons. The number of nitrogens with one attached hydrogen (secondary N) is 2. The molecule has 3 aromatic rings. The predicted molar refractivity (Wildman–Crippen MR) is 134 cm³/mol. The molecule has 3 atom stereocenters. The number of ether oxygens (including phenoxy) is 3. The number of rotatable bonds is 6. The number of fused-ring (bicyclic) bond motifs is 4. The van der Waals surface area contributed by atoms with Crippen molar-refractivity contribution in [2.45, 2.75) is 30.2 Å². The van der Waals surface area contributed by atoms with Crippen molar-refractivity contribution in [3.8, 4) is 17.2 Å². The molecule has 180 valence electrons. The molecule has 0 saturated carbocycles. The molecule has 3 aliphatic rings. The van der Waals surface area contributed by atoms with E-state index in [1.54, 1.807) is 30.3 Å². The monoisotopic (exact) mass is 490 g/mol. The molecule has 2 heterocycles. The Labute approximate surface area is 204 Å². The van der Waals surface area contributed by atoms with Gasteiger partial charge in [0.25, 0.3) is 10.0 Å². The molecule has 0 aromatic heterocycles. The van der Waals surface area contributed by atoms with Crippen LogP contribution in [0.25, 0.3) is 0 Å². The first-order valence-corrected chi connectivity index (χ1v) is 13.2. The van der Waals surface area contributed by atoms with Crippen LogP contribution in [-0.2, 0) is 10.0 Å². The van der Waals surface area contributed by atoms with Gasteiger partial charge in [-0.3, -0.25) is 4.72 Å². The summed E-state index contributed by atoms with van der Waals surface area (Å²) in [7, 11) is -3.80. The molecule has 0 spiro atoms. The molecular formula is C27H26N2O5S. The molecule has 0 fully saturated rings. The van der Waals surface area contributed by atoms with Crippen molar-refractivity contribution in [3.63, 3.8) is 0 Å². The number of benzene rings is 3. The summed E-state index contributed by atoms with van der Waals surface area (Å²) in [5.74, 6) is 2.42. The first-order chi connectivity index (χ1) is 17.0. The predicted octanol–water partition coefficient (Wildman–Crippen LogP) is 5.44. The summed E-state index contributed by atoms with van der Waals surface area (Å²) in [6.07, 6.45) is 5.29. The second-order valence-corrected chi connectivity index (χ2v) is 10.6. The van der Waals surface area contributed by atoms with Crippen molar-refractivity contribution in [1.82, 2.24) is 0 Å². The zero-order valence-electron chi connectivity index (χ0n) is 19.2. The maximum Gasteiger partial charge on any atom is 0.262 e. The highest BCUT2D eigenvalue weighted by Gasteiger charge is 2.39. The first kappa shape index (κ1) is 21.9. The van der Waals surface area contributed by atoms with E-state index in [4.69, 9.17) is 14.2 Å². The van der Waals surface area contributed by atoms with Crippen molar-refractivity contribution in [3.05, 3.63) is 83.9 Å². The number of allylic oxidation sites excluding steroid dienone is 2. The Balaban J connectivity index is 1.32. The van der Waals surface area contributed by atoms with Crippen LogP contribution in [0.2, 0.25) is 0 Å². The number of para-hydroxylation sites is 2. The smallest absolute Gasteiger partial charge is 0.262 e. The van der Waals surface area contributed by atoms with Crippen LogP contribution in [-0.4, -0.2) is 21.8 Å². The summed E-state index contributed by atoms with van der Waals surface area (Å²) >= 11 is 0. The molecule has 0 bridgehead atoms. The molecule has 2 N–H and O–H groups in total. The van der Waals surface area contributed by atoms with Crippen LogP contribution in [0.3, 0.4) is 0 Å². The van der Waals surface area contributed by atoms with Gasteiger partial charge in [0.1, 0.15) is 5.75 Å². The van der Waals surface area contributed by atoms with Gasteiger partial charge in [-0.1, -0.05) is 30.4 Å². The van der Waals surface area contributed by atoms with Gasteiger partial charge in [0, 0.05) is 11.6 Å². The standard InChI is InChI=1S/C27H26N2O5S/c1-2-32-24-9-4-3-8-23(24)29-35(30,31)18-11-12-22-21(15-18)19-6-5-7-20(19)27(28-22)17-10-13-25-26(14-17)34-16-33-25/h3-6,8-15,19-20,27-29H,2,7,16H2,1H3/t19-,20+,27+/m0/s1. The van der Waals surface area contributed by atoms with Crippen molar-refractivity contribution in [2.75, 3.05) is 23.4 Å². The van der Waals surface area contributed by atoms with E-state index in [9.17, 15) is 8.42 Å². The average molecular weight is 491 g/mol. The van der Waals surface area contributed by atoms with Crippen molar-refractivity contribution in [1.29, 1.82) is 0 Å². The highest BCUT2D eigenvalue weighted by atomic mass is 32.2. The van der Waals surface area contributed by atoms with Crippen molar-refractivity contribution < 1.29 is 22.6 Å². The van der Waals surface area contributed by atoms with Crippen LogP contribution < -0.4 is 24.2 Å².